The number of nitrogens with one attached hydrogen (secondary N) is 1. The zero-order valence-corrected chi connectivity index (χ0v) is 14.9. The topological polar surface area (TPSA) is 51.2 Å². The minimum Gasteiger partial charge on any atom is -0.494 e. The van der Waals surface area contributed by atoms with E-state index in [2.05, 4.69) is 43.2 Å². The standard InChI is InChI=1S/C20H26N2O2/c1-15-7-10-17(14-21-15)22-19(23)6-5-13-24-18-11-8-16(9-12-18)20(2,3)4/h7-12,14H,5-6,13H2,1-4H3,(H,22,23). The van der Waals surface area contributed by atoms with Crippen LogP contribution in [0.15, 0.2) is 42.6 Å². The molecule has 0 radical (unpaired) electrons. The molecular weight excluding hydrogens is 300 g/mol. The van der Waals surface area contributed by atoms with Gasteiger partial charge in [-0.1, -0.05) is 32.9 Å². The first kappa shape index (κ1) is 18.0. The molecule has 1 N–H and O–H groups in total. The molecule has 1 aromatic heterocycles. The molecule has 1 amide bonds. The molecule has 0 bridgehead atoms. The summed E-state index contributed by atoms with van der Waals surface area (Å²) in [5.41, 5.74) is 3.07. The van der Waals surface area contributed by atoms with E-state index in [0.29, 0.717) is 19.4 Å². The van der Waals surface area contributed by atoms with Crippen LogP contribution in [0.1, 0.15) is 44.9 Å². The Morgan fingerprint density at radius 3 is 2.42 bits per heavy atom. The highest BCUT2D eigenvalue weighted by molar-refractivity contribution is 5.90. The van der Waals surface area contributed by atoms with Gasteiger partial charge < -0.3 is 10.1 Å². The Kier molecular flexibility index (Phi) is 5.96. The predicted octanol–water partition coefficient (Wildman–Crippen LogP) is 4.49. The van der Waals surface area contributed by atoms with Gasteiger partial charge in [-0.15, -0.1) is 0 Å². The molecule has 4 heteroatoms. The second kappa shape index (κ2) is 7.95. The monoisotopic (exact) mass is 326 g/mol. The number of aryl methyl sites for hydroxylation is 1. The van der Waals surface area contributed by atoms with Gasteiger partial charge in [0.25, 0.3) is 0 Å². The van der Waals surface area contributed by atoms with Crippen molar-refractivity contribution in [1.29, 1.82) is 0 Å². The number of aromatic nitrogens is 1. The first-order valence-electron chi connectivity index (χ1n) is 8.30. The maximum Gasteiger partial charge on any atom is 0.224 e. The maximum atomic E-state index is 11.9. The van der Waals surface area contributed by atoms with E-state index < -0.39 is 0 Å². The van der Waals surface area contributed by atoms with Crippen LogP contribution in [-0.4, -0.2) is 17.5 Å². The Labute approximate surface area is 144 Å². The molecular formula is C20H26N2O2. The Hall–Kier alpha value is -2.36. The zero-order valence-electron chi connectivity index (χ0n) is 14.9. The summed E-state index contributed by atoms with van der Waals surface area (Å²) in [5.74, 6) is 0.818. The van der Waals surface area contributed by atoms with E-state index in [1.54, 1.807) is 6.20 Å². The number of carbonyl (C=O) groups excluding carboxylic acids is 1. The van der Waals surface area contributed by atoms with E-state index >= 15 is 0 Å². The van der Waals surface area contributed by atoms with E-state index in [1.807, 2.05) is 31.2 Å². The van der Waals surface area contributed by atoms with Crippen molar-refractivity contribution in [2.24, 2.45) is 0 Å². The fraction of sp³-hybridized carbons (Fsp3) is 0.400. The van der Waals surface area contributed by atoms with Gasteiger partial charge in [0.2, 0.25) is 5.91 Å². The Bertz CT molecular complexity index is 656. The van der Waals surface area contributed by atoms with Gasteiger partial charge in [0.15, 0.2) is 0 Å². The lowest BCUT2D eigenvalue weighted by Crippen LogP contribution is -2.13. The minimum absolute atomic E-state index is 0.0210. The van der Waals surface area contributed by atoms with Crippen molar-refractivity contribution < 1.29 is 9.53 Å². The Morgan fingerprint density at radius 1 is 1.12 bits per heavy atom. The number of amides is 1. The second-order valence-electron chi connectivity index (χ2n) is 6.96. The summed E-state index contributed by atoms with van der Waals surface area (Å²) in [4.78, 5) is 16.0. The molecule has 2 rings (SSSR count). The van der Waals surface area contributed by atoms with E-state index in [4.69, 9.17) is 4.74 Å². The van der Waals surface area contributed by atoms with Gasteiger partial charge in [-0.3, -0.25) is 9.78 Å². The summed E-state index contributed by atoms with van der Waals surface area (Å²) in [6.45, 7) is 8.99. The summed E-state index contributed by atoms with van der Waals surface area (Å²) in [7, 11) is 0. The molecule has 2 aromatic rings. The van der Waals surface area contributed by atoms with Gasteiger partial charge in [0.1, 0.15) is 5.75 Å². The third kappa shape index (κ3) is 5.69. The second-order valence-corrected chi connectivity index (χ2v) is 6.96. The molecule has 1 aromatic carbocycles. The van der Waals surface area contributed by atoms with Crippen LogP contribution in [0, 0.1) is 6.92 Å². The highest BCUT2D eigenvalue weighted by Gasteiger charge is 2.12. The van der Waals surface area contributed by atoms with E-state index in [0.717, 1.165) is 17.1 Å². The first-order valence-corrected chi connectivity index (χ1v) is 8.30. The van der Waals surface area contributed by atoms with Gasteiger partial charge >= 0.3 is 0 Å². The third-order valence-corrected chi connectivity index (χ3v) is 3.73. The lowest BCUT2D eigenvalue weighted by molar-refractivity contribution is -0.116. The molecule has 0 unspecified atom stereocenters. The Balaban J connectivity index is 1.70. The molecule has 128 valence electrons. The molecule has 1 heterocycles. The van der Waals surface area contributed by atoms with Crippen molar-refractivity contribution in [3.63, 3.8) is 0 Å². The molecule has 0 saturated heterocycles. The Morgan fingerprint density at radius 2 is 1.83 bits per heavy atom. The smallest absolute Gasteiger partial charge is 0.224 e. The van der Waals surface area contributed by atoms with Crippen molar-refractivity contribution in [2.45, 2.75) is 46.0 Å². The van der Waals surface area contributed by atoms with Crippen LogP contribution in [0.5, 0.6) is 5.75 Å². The lowest BCUT2D eigenvalue weighted by Gasteiger charge is -2.19. The largest absolute Gasteiger partial charge is 0.494 e. The van der Waals surface area contributed by atoms with Crippen molar-refractivity contribution >= 4 is 11.6 Å². The number of nitrogens with zero attached hydrogens (tertiary/aromatic N) is 1. The van der Waals surface area contributed by atoms with Gasteiger partial charge in [-0.2, -0.15) is 0 Å². The van der Waals surface area contributed by atoms with Gasteiger partial charge in [-0.05, 0) is 48.6 Å². The number of pyridine rings is 1. The van der Waals surface area contributed by atoms with Crippen LogP contribution in [0.4, 0.5) is 5.69 Å². The van der Waals surface area contributed by atoms with Crippen molar-refractivity contribution in [3.05, 3.63) is 53.9 Å². The average molecular weight is 326 g/mol. The fourth-order valence-corrected chi connectivity index (χ4v) is 2.24. The highest BCUT2D eigenvalue weighted by Crippen LogP contribution is 2.24. The summed E-state index contributed by atoms with van der Waals surface area (Å²) in [5, 5.41) is 2.83. The van der Waals surface area contributed by atoms with Crippen molar-refractivity contribution in [2.75, 3.05) is 11.9 Å². The normalized spacial score (nSPS) is 11.2. The van der Waals surface area contributed by atoms with Crippen LogP contribution in [0.3, 0.4) is 0 Å². The molecule has 0 aliphatic carbocycles. The molecule has 0 aliphatic heterocycles. The minimum atomic E-state index is -0.0210. The number of hydrogen-bond donors (Lipinski definition) is 1. The summed E-state index contributed by atoms with van der Waals surface area (Å²) in [6, 6.07) is 11.9. The molecule has 4 nitrogen and oxygen atoms in total. The molecule has 0 spiro atoms. The number of hydrogen-bond acceptors (Lipinski definition) is 3. The number of carbonyl (C=O) groups is 1. The SMILES string of the molecule is Cc1ccc(NC(=O)CCCOc2ccc(C(C)(C)C)cc2)cn1. The molecule has 24 heavy (non-hydrogen) atoms. The van der Waals surface area contributed by atoms with Crippen molar-refractivity contribution in [3.8, 4) is 5.75 Å². The number of ether oxygens (including phenoxy) is 1. The number of benzene rings is 1. The average Bonchev–Trinajstić information content (AvgIpc) is 2.53. The van der Waals surface area contributed by atoms with Crippen LogP contribution < -0.4 is 10.1 Å². The van der Waals surface area contributed by atoms with E-state index in [-0.39, 0.29) is 11.3 Å². The summed E-state index contributed by atoms with van der Waals surface area (Å²) < 4.78 is 5.70. The molecule has 0 saturated carbocycles. The molecule has 0 fully saturated rings. The maximum absolute atomic E-state index is 11.9. The van der Waals surface area contributed by atoms with E-state index in [1.165, 1.54) is 5.56 Å². The van der Waals surface area contributed by atoms with Crippen LogP contribution >= 0.6 is 0 Å². The lowest BCUT2D eigenvalue weighted by atomic mass is 9.87. The number of anilines is 1. The fourth-order valence-electron chi connectivity index (χ4n) is 2.24. The van der Waals surface area contributed by atoms with Crippen LogP contribution in [0.25, 0.3) is 0 Å². The molecule has 0 atom stereocenters. The summed E-state index contributed by atoms with van der Waals surface area (Å²) in [6.07, 6.45) is 2.76. The van der Waals surface area contributed by atoms with Crippen LogP contribution in [-0.2, 0) is 10.2 Å². The first-order chi connectivity index (χ1) is 11.3. The van der Waals surface area contributed by atoms with Gasteiger partial charge in [0, 0.05) is 12.1 Å². The summed E-state index contributed by atoms with van der Waals surface area (Å²) >= 11 is 0. The van der Waals surface area contributed by atoms with Gasteiger partial charge in [-0.25, -0.2) is 0 Å². The predicted molar refractivity (Wildman–Crippen MR) is 97.5 cm³/mol. The quantitative estimate of drug-likeness (QED) is 0.796. The van der Waals surface area contributed by atoms with Crippen LogP contribution in [0.2, 0.25) is 0 Å². The van der Waals surface area contributed by atoms with Gasteiger partial charge in [0.05, 0.1) is 18.5 Å². The van der Waals surface area contributed by atoms with Crippen molar-refractivity contribution in [1.82, 2.24) is 4.98 Å². The highest BCUT2D eigenvalue weighted by atomic mass is 16.5. The zero-order chi connectivity index (χ0) is 17.6. The number of rotatable bonds is 6. The van der Waals surface area contributed by atoms with E-state index in [9.17, 15) is 4.79 Å². The third-order valence-electron chi connectivity index (χ3n) is 3.73. The molecule has 0 aliphatic rings.